The van der Waals surface area contributed by atoms with Crippen LogP contribution in [0.4, 0.5) is 5.69 Å². The van der Waals surface area contributed by atoms with Crippen LogP contribution in [-0.2, 0) is 20.9 Å². The molecule has 0 aliphatic heterocycles. The minimum absolute atomic E-state index is 0.105. The number of amides is 1. The van der Waals surface area contributed by atoms with Crippen molar-refractivity contribution in [1.29, 1.82) is 0 Å². The maximum Gasteiger partial charge on any atom is 0.320 e. The van der Waals surface area contributed by atoms with Gasteiger partial charge in [-0.1, -0.05) is 18.2 Å². The molecule has 1 aromatic rings. The van der Waals surface area contributed by atoms with E-state index in [1.165, 1.54) is 0 Å². The maximum atomic E-state index is 11.9. The van der Waals surface area contributed by atoms with Crippen molar-refractivity contribution in [3.8, 4) is 0 Å². The van der Waals surface area contributed by atoms with E-state index in [0.717, 1.165) is 11.3 Å². The van der Waals surface area contributed by atoms with Gasteiger partial charge in [0.2, 0.25) is 5.91 Å². The predicted molar refractivity (Wildman–Crippen MR) is 81.7 cm³/mol. The molecular weight excluding hydrogens is 270 g/mol. The second kappa shape index (κ2) is 9.10. The first-order valence-corrected chi connectivity index (χ1v) is 6.98. The average molecular weight is 293 g/mol. The Balaban J connectivity index is 2.38. The summed E-state index contributed by atoms with van der Waals surface area (Å²) in [4.78, 5) is 25.0. The summed E-state index contributed by atoms with van der Waals surface area (Å²) in [5, 5.41) is 2.83. The lowest BCUT2D eigenvalue weighted by atomic mass is 10.1. The zero-order valence-corrected chi connectivity index (χ0v) is 12.6. The highest BCUT2D eigenvalue weighted by molar-refractivity contribution is 5.91. The lowest BCUT2D eigenvalue weighted by Gasteiger charge is -2.15. The summed E-state index contributed by atoms with van der Waals surface area (Å²) in [6.07, 6.45) is 0.300. The first-order valence-electron chi connectivity index (χ1n) is 6.98. The Morgan fingerprint density at radius 2 is 2.05 bits per heavy atom. The molecule has 0 spiro atoms. The quantitative estimate of drug-likeness (QED) is 0.698. The Kier molecular flexibility index (Phi) is 7.42. The van der Waals surface area contributed by atoms with Gasteiger partial charge >= 0.3 is 5.97 Å². The molecule has 0 aliphatic carbocycles. The fourth-order valence-corrected chi connectivity index (χ4v) is 1.83. The fourth-order valence-electron chi connectivity index (χ4n) is 1.83. The van der Waals surface area contributed by atoms with Crippen molar-refractivity contribution in [1.82, 2.24) is 4.90 Å². The van der Waals surface area contributed by atoms with E-state index in [-0.39, 0.29) is 18.4 Å². The van der Waals surface area contributed by atoms with Gasteiger partial charge in [0.15, 0.2) is 0 Å². The zero-order chi connectivity index (χ0) is 15.7. The highest BCUT2D eigenvalue weighted by Gasteiger charge is 2.10. The number of hydrogen-bond acceptors (Lipinski definition) is 5. The van der Waals surface area contributed by atoms with E-state index < -0.39 is 0 Å². The van der Waals surface area contributed by atoms with E-state index in [2.05, 4.69) is 5.32 Å². The van der Waals surface area contributed by atoms with Crippen molar-refractivity contribution < 1.29 is 14.3 Å². The van der Waals surface area contributed by atoms with Crippen molar-refractivity contribution in [2.75, 3.05) is 32.1 Å². The smallest absolute Gasteiger partial charge is 0.320 e. The summed E-state index contributed by atoms with van der Waals surface area (Å²) in [7, 11) is 1.78. The molecule has 3 N–H and O–H groups in total. The first-order chi connectivity index (χ1) is 10.1. The van der Waals surface area contributed by atoms with E-state index in [1.54, 1.807) is 18.9 Å². The van der Waals surface area contributed by atoms with E-state index in [0.29, 0.717) is 26.1 Å². The number of esters is 1. The van der Waals surface area contributed by atoms with E-state index in [4.69, 9.17) is 10.5 Å². The van der Waals surface area contributed by atoms with Crippen LogP contribution >= 0.6 is 0 Å². The Bertz CT molecular complexity index is 477. The largest absolute Gasteiger partial charge is 0.465 e. The molecule has 0 fully saturated rings. The maximum absolute atomic E-state index is 11.9. The van der Waals surface area contributed by atoms with Crippen LogP contribution in [0.1, 0.15) is 18.9 Å². The number of carbonyl (C=O) groups is 2. The van der Waals surface area contributed by atoms with E-state index in [9.17, 15) is 9.59 Å². The van der Waals surface area contributed by atoms with Gasteiger partial charge < -0.3 is 15.8 Å². The molecule has 6 nitrogen and oxygen atoms in total. The second-order valence-corrected chi connectivity index (χ2v) is 4.70. The molecule has 116 valence electrons. The van der Waals surface area contributed by atoms with Crippen molar-refractivity contribution in [3.63, 3.8) is 0 Å². The molecule has 0 saturated heterocycles. The molecule has 0 aliphatic rings. The average Bonchev–Trinajstić information content (AvgIpc) is 2.46. The number of nitrogens with one attached hydrogen (secondary N) is 1. The number of benzene rings is 1. The van der Waals surface area contributed by atoms with Crippen LogP contribution in [-0.4, -0.2) is 43.5 Å². The normalized spacial score (nSPS) is 10.5. The molecule has 0 saturated carbocycles. The number of nitrogens with zero attached hydrogens (tertiary/aromatic N) is 1. The predicted octanol–water partition coefficient (Wildman–Crippen LogP) is 0.969. The van der Waals surface area contributed by atoms with Crippen molar-refractivity contribution in [2.45, 2.75) is 19.9 Å². The van der Waals surface area contributed by atoms with Crippen molar-refractivity contribution in [2.24, 2.45) is 5.73 Å². The number of likely N-dealkylation sites (N-methyl/N-ethyl adjacent to an activating group) is 1. The van der Waals surface area contributed by atoms with Crippen LogP contribution in [0.2, 0.25) is 0 Å². The van der Waals surface area contributed by atoms with Crippen LogP contribution < -0.4 is 11.1 Å². The number of nitrogens with two attached hydrogens (primary N) is 1. The Labute approximate surface area is 125 Å². The van der Waals surface area contributed by atoms with Gasteiger partial charge in [-0.3, -0.25) is 14.5 Å². The summed E-state index contributed by atoms with van der Waals surface area (Å²) < 4.78 is 4.85. The van der Waals surface area contributed by atoms with Gasteiger partial charge in [0.05, 0.1) is 13.2 Å². The molecule has 0 aromatic heterocycles. The highest BCUT2D eigenvalue weighted by atomic mass is 16.5. The standard InChI is InChI=1S/C15H23N3O3/c1-3-21-15(20)11-18(2)9-8-14(19)17-13-7-5-4-6-12(13)10-16/h4-7H,3,8-11,16H2,1-2H3,(H,17,19). The SMILES string of the molecule is CCOC(=O)CN(C)CCC(=O)Nc1ccccc1CN. The van der Waals surface area contributed by atoms with Gasteiger partial charge in [0, 0.05) is 25.2 Å². The van der Waals surface area contributed by atoms with Crippen LogP contribution in [0, 0.1) is 0 Å². The summed E-state index contributed by atoms with van der Waals surface area (Å²) in [5.74, 6) is -0.388. The third-order valence-corrected chi connectivity index (χ3v) is 2.94. The van der Waals surface area contributed by atoms with E-state index in [1.807, 2.05) is 24.3 Å². The molecule has 1 rings (SSSR count). The highest BCUT2D eigenvalue weighted by Crippen LogP contribution is 2.14. The lowest BCUT2D eigenvalue weighted by molar-refractivity contribution is -0.144. The first kappa shape index (κ1) is 17.1. The Morgan fingerprint density at radius 1 is 1.33 bits per heavy atom. The topological polar surface area (TPSA) is 84.7 Å². The summed E-state index contributed by atoms with van der Waals surface area (Å²) in [6.45, 7) is 3.17. The number of carbonyl (C=O) groups excluding carboxylic acids is 2. The molecule has 1 aromatic carbocycles. The molecule has 0 atom stereocenters. The number of para-hydroxylation sites is 1. The molecule has 0 radical (unpaired) electrons. The van der Waals surface area contributed by atoms with Crippen LogP contribution in [0.25, 0.3) is 0 Å². The number of ether oxygens (including phenoxy) is 1. The van der Waals surface area contributed by atoms with Crippen LogP contribution in [0.3, 0.4) is 0 Å². The van der Waals surface area contributed by atoms with Gasteiger partial charge in [0.1, 0.15) is 0 Å². The minimum Gasteiger partial charge on any atom is -0.465 e. The van der Waals surface area contributed by atoms with Gasteiger partial charge in [-0.05, 0) is 25.6 Å². The van der Waals surface area contributed by atoms with Crippen LogP contribution in [0.5, 0.6) is 0 Å². The van der Waals surface area contributed by atoms with Crippen molar-refractivity contribution >= 4 is 17.6 Å². The summed E-state index contributed by atoms with van der Waals surface area (Å²) in [5.41, 5.74) is 7.25. The van der Waals surface area contributed by atoms with E-state index >= 15 is 0 Å². The summed E-state index contributed by atoms with van der Waals surface area (Å²) in [6, 6.07) is 7.43. The monoisotopic (exact) mass is 293 g/mol. The van der Waals surface area contributed by atoms with Crippen LogP contribution in [0.15, 0.2) is 24.3 Å². The fraction of sp³-hybridized carbons (Fsp3) is 0.467. The molecule has 6 heteroatoms. The second-order valence-electron chi connectivity index (χ2n) is 4.70. The molecule has 1 amide bonds. The molecule has 21 heavy (non-hydrogen) atoms. The molecule has 0 unspecified atom stereocenters. The third-order valence-electron chi connectivity index (χ3n) is 2.94. The Hall–Kier alpha value is -1.92. The number of hydrogen-bond donors (Lipinski definition) is 2. The number of rotatable bonds is 8. The van der Waals surface area contributed by atoms with Gasteiger partial charge in [-0.25, -0.2) is 0 Å². The Morgan fingerprint density at radius 3 is 2.71 bits per heavy atom. The van der Waals surface area contributed by atoms with Gasteiger partial charge in [0.25, 0.3) is 0 Å². The molecule has 0 heterocycles. The minimum atomic E-state index is -0.283. The van der Waals surface area contributed by atoms with Crippen molar-refractivity contribution in [3.05, 3.63) is 29.8 Å². The van der Waals surface area contributed by atoms with Gasteiger partial charge in [-0.15, -0.1) is 0 Å². The molecule has 0 bridgehead atoms. The summed E-state index contributed by atoms with van der Waals surface area (Å²) >= 11 is 0. The number of anilines is 1. The molecular formula is C15H23N3O3. The van der Waals surface area contributed by atoms with Gasteiger partial charge in [-0.2, -0.15) is 0 Å². The zero-order valence-electron chi connectivity index (χ0n) is 12.6. The third kappa shape index (κ3) is 6.37. The lowest BCUT2D eigenvalue weighted by Crippen LogP contribution is -2.30.